The number of anilines is 1. The lowest BCUT2D eigenvalue weighted by molar-refractivity contribution is 0.102. The molecule has 21 heavy (non-hydrogen) atoms. The lowest BCUT2D eigenvalue weighted by Crippen LogP contribution is -2.27. The molecule has 0 saturated heterocycles. The van der Waals surface area contributed by atoms with Crippen LogP contribution in [-0.2, 0) is 17.0 Å². The molecule has 2 aromatic heterocycles. The molecular weight excluding hydrogens is 326 g/mol. The van der Waals surface area contributed by atoms with Crippen molar-refractivity contribution in [2.45, 2.75) is 37.8 Å². The standard InChI is InChI=1S/C14H16ClN3OS2/c1-14(2,3)18-12(8-6-20-7-9(8)17-18)16-13(19)10-4-5-11(15)21-10/h4-5H,6-7H2,1-3H3,(H,16,19). The van der Waals surface area contributed by atoms with Gasteiger partial charge in [-0.25, -0.2) is 4.68 Å². The first-order valence-corrected chi connectivity index (χ1v) is 8.97. The van der Waals surface area contributed by atoms with Crippen molar-refractivity contribution in [1.82, 2.24) is 9.78 Å². The number of fused-ring (bicyclic) bond motifs is 1. The van der Waals surface area contributed by atoms with Gasteiger partial charge in [-0.15, -0.1) is 11.3 Å². The number of carbonyl (C=O) groups excluding carboxylic acids is 1. The third-order valence-electron chi connectivity index (χ3n) is 3.22. The molecule has 2 aromatic rings. The monoisotopic (exact) mass is 341 g/mol. The average Bonchev–Trinajstić information content (AvgIpc) is 3.04. The summed E-state index contributed by atoms with van der Waals surface area (Å²) in [6.07, 6.45) is 0. The Bertz CT molecular complexity index is 700. The molecule has 0 aromatic carbocycles. The normalized spacial score (nSPS) is 14.3. The second kappa shape index (κ2) is 5.34. The average molecular weight is 342 g/mol. The van der Waals surface area contributed by atoms with E-state index in [9.17, 15) is 4.79 Å². The molecule has 0 atom stereocenters. The molecule has 1 aliphatic rings. The highest BCUT2D eigenvalue weighted by atomic mass is 35.5. The Balaban J connectivity index is 1.96. The highest BCUT2D eigenvalue weighted by Gasteiger charge is 2.29. The van der Waals surface area contributed by atoms with E-state index in [-0.39, 0.29) is 11.4 Å². The molecule has 7 heteroatoms. The summed E-state index contributed by atoms with van der Waals surface area (Å²) in [4.78, 5) is 13.0. The van der Waals surface area contributed by atoms with Crippen molar-refractivity contribution >= 4 is 46.4 Å². The molecule has 1 N–H and O–H groups in total. The molecule has 4 nitrogen and oxygen atoms in total. The van der Waals surface area contributed by atoms with Crippen LogP contribution in [0.1, 0.15) is 41.7 Å². The number of nitrogens with one attached hydrogen (secondary N) is 1. The maximum atomic E-state index is 12.4. The summed E-state index contributed by atoms with van der Waals surface area (Å²) in [6, 6.07) is 3.48. The number of carbonyl (C=O) groups is 1. The number of thioether (sulfide) groups is 1. The summed E-state index contributed by atoms with van der Waals surface area (Å²) in [5, 5.41) is 7.70. The molecule has 0 bridgehead atoms. The van der Waals surface area contributed by atoms with Gasteiger partial charge in [0.1, 0.15) is 5.82 Å². The Hall–Kier alpha value is -0.980. The van der Waals surface area contributed by atoms with Crippen molar-refractivity contribution in [1.29, 1.82) is 0 Å². The van der Waals surface area contributed by atoms with Crippen molar-refractivity contribution in [3.63, 3.8) is 0 Å². The third kappa shape index (κ3) is 2.84. The maximum absolute atomic E-state index is 12.4. The summed E-state index contributed by atoms with van der Waals surface area (Å²) >= 11 is 9.01. The van der Waals surface area contributed by atoms with E-state index in [4.69, 9.17) is 11.6 Å². The fraction of sp³-hybridized carbons (Fsp3) is 0.429. The zero-order chi connectivity index (χ0) is 15.2. The fourth-order valence-electron chi connectivity index (χ4n) is 2.23. The Morgan fingerprint density at radius 1 is 1.38 bits per heavy atom. The van der Waals surface area contributed by atoms with Gasteiger partial charge >= 0.3 is 0 Å². The van der Waals surface area contributed by atoms with Gasteiger partial charge in [0.15, 0.2) is 0 Å². The van der Waals surface area contributed by atoms with E-state index in [1.165, 1.54) is 11.3 Å². The number of hydrogen-bond acceptors (Lipinski definition) is 4. The molecule has 0 radical (unpaired) electrons. The molecule has 3 rings (SSSR count). The maximum Gasteiger partial charge on any atom is 0.266 e. The zero-order valence-corrected chi connectivity index (χ0v) is 14.5. The Morgan fingerprint density at radius 2 is 2.14 bits per heavy atom. The van der Waals surface area contributed by atoms with Crippen LogP contribution in [0.15, 0.2) is 12.1 Å². The number of thiophene rings is 1. The molecule has 3 heterocycles. The number of hydrogen-bond donors (Lipinski definition) is 1. The number of aromatic nitrogens is 2. The van der Waals surface area contributed by atoms with Gasteiger partial charge in [0.2, 0.25) is 0 Å². The molecule has 0 fully saturated rings. The topological polar surface area (TPSA) is 46.9 Å². The van der Waals surface area contributed by atoms with Gasteiger partial charge in [0.05, 0.1) is 20.4 Å². The number of amides is 1. The van der Waals surface area contributed by atoms with Crippen molar-refractivity contribution in [3.8, 4) is 0 Å². The Kier molecular flexibility index (Phi) is 3.80. The molecule has 112 valence electrons. The second-order valence-corrected chi connectivity index (χ2v) is 8.61. The van der Waals surface area contributed by atoms with Crippen LogP contribution in [0.2, 0.25) is 4.34 Å². The first kappa shape index (κ1) is 14.9. The van der Waals surface area contributed by atoms with Crippen LogP contribution in [0.4, 0.5) is 5.82 Å². The lowest BCUT2D eigenvalue weighted by atomic mass is 10.1. The highest BCUT2D eigenvalue weighted by Crippen LogP contribution is 2.37. The second-order valence-electron chi connectivity index (χ2n) is 5.91. The quantitative estimate of drug-likeness (QED) is 0.883. The summed E-state index contributed by atoms with van der Waals surface area (Å²) in [5.74, 6) is 2.49. The lowest BCUT2D eigenvalue weighted by Gasteiger charge is -2.23. The zero-order valence-electron chi connectivity index (χ0n) is 12.1. The highest BCUT2D eigenvalue weighted by molar-refractivity contribution is 7.98. The van der Waals surface area contributed by atoms with Crippen LogP contribution >= 0.6 is 34.7 Å². The van der Waals surface area contributed by atoms with Gasteiger partial charge in [0.25, 0.3) is 5.91 Å². The first-order chi connectivity index (χ1) is 9.86. The first-order valence-electron chi connectivity index (χ1n) is 6.62. The molecule has 1 amide bonds. The minimum absolute atomic E-state index is 0.128. The minimum atomic E-state index is -0.176. The van der Waals surface area contributed by atoms with E-state index in [0.29, 0.717) is 9.21 Å². The molecule has 0 aliphatic carbocycles. The van der Waals surface area contributed by atoms with Gasteiger partial charge < -0.3 is 5.32 Å². The van der Waals surface area contributed by atoms with Crippen molar-refractivity contribution in [2.24, 2.45) is 0 Å². The van der Waals surface area contributed by atoms with Crippen LogP contribution in [0, 0.1) is 0 Å². The minimum Gasteiger partial charge on any atom is -0.306 e. The van der Waals surface area contributed by atoms with Crippen molar-refractivity contribution in [3.05, 3.63) is 32.6 Å². The van der Waals surface area contributed by atoms with Crippen molar-refractivity contribution < 1.29 is 4.79 Å². The van der Waals surface area contributed by atoms with Gasteiger partial charge in [-0.3, -0.25) is 4.79 Å². The summed E-state index contributed by atoms with van der Waals surface area (Å²) < 4.78 is 2.54. The summed E-state index contributed by atoms with van der Waals surface area (Å²) in [5.41, 5.74) is 2.05. The number of nitrogens with zero attached hydrogens (tertiary/aromatic N) is 2. The van der Waals surface area contributed by atoms with Crippen LogP contribution in [0.5, 0.6) is 0 Å². The van der Waals surface area contributed by atoms with E-state index >= 15 is 0 Å². The predicted octanol–water partition coefficient (Wildman–Crippen LogP) is 4.35. The third-order valence-corrected chi connectivity index (χ3v) is 5.42. The smallest absolute Gasteiger partial charge is 0.266 e. The molecule has 0 unspecified atom stereocenters. The van der Waals surface area contributed by atoms with Gasteiger partial charge in [-0.05, 0) is 32.9 Å². The van der Waals surface area contributed by atoms with E-state index in [1.807, 2.05) is 16.4 Å². The summed E-state index contributed by atoms with van der Waals surface area (Å²) in [7, 11) is 0. The number of rotatable bonds is 2. The van der Waals surface area contributed by atoms with Crippen LogP contribution < -0.4 is 5.32 Å². The Morgan fingerprint density at radius 3 is 2.76 bits per heavy atom. The molecule has 0 saturated carbocycles. The van der Waals surface area contributed by atoms with Gasteiger partial charge in [-0.1, -0.05) is 11.6 Å². The fourth-order valence-corrected chi connectivity index (χ4v) is 4.21. The van der Waals surface area contributed by atoms with E-state index < -0.39 is 0 Å². The number of halogens is 1. The van der Waals surface area contributed by atoms with E-state index in [0.717, 1.165) is 28.6 Å². The molecule has 0 spiro atoms. The predicted molar refractivity (Wildman–Crippen MR) is 89.5 cm³/mol. The van der Waals surface area contributed by atoms with E-state index in [1.54, 1.807) is 12.1 Å². The van der Waals surface area contributed by atoms with Crippen LogP contribution in [-0.4, -0.2) is 15.7 Å². The van der Waals surface area contributed by atoms with Crippen LogP contribution in [0.3, 0.4) is 0 Å². The van der Waals surface area contributed by atoms with Gasteiger partial charge in [-0.2, -0.15) is 16.9 Å². The molecular formula is C14H16ClN3OS2. The van der Waals surface area contributed by atoms with E-state index in [2.05, 4.69) is 31.2 Å². The van der Waals surface area contributed by atoms with Crippen molar-refractivity contribution in [2.75, 3.05) is 5.32 Å². The summed E-state index contributed by atoms with van der Waals surface area (Å²) in [6.45, 7) is 6.25. The van der Waals surface area contributed by atoms with Gasteiger partial charge in [0, 0.05) is 17.1 Å². The van der Waals surface area contributed by atoms with Crippen LogP contribution in [0.25, 0.3) is 0 Å². The largest absolute Gasteiger partial charge is 0.306 e. The molecule has 1 aliphatic heterocycles. The SMILES string of the molecule is CC(C)(C)n1nc2c(c1NC(=O)c1ccc(Cl)s1)CSC2. The Labute approximate surface area is 136 Å².